The molecule has 2 nitrogen and oxygen atoms in total. The quantitative estimate of drug-likeness (QED) is 0.860. The minimum absolute atomic E-state index is 0.304. The number of carbonyl (C=O) groups excluding carboxylic acids is 1. The fraction of sp³-hybridized carbons (Fsp3) is 0.308. The fourth-order valence-electron chi connectivity index (χ4n) is 1.73. The first-order valence-electron chi connectivity index (χ1n) is 5.42. The number of benzene rings is 1. The molecule has 0 fully saturated rings. The highest BCUT2D eigenvalue weighted by atomic mass is 32.1. The van der Waals surface area contributed by atoms with Crippen LogP contribution in [0, 0.1) is 0 Å². The van der Waals surface area contributed by atoms with Crippen molar-refractivity contribution in [1.82, 2.24) is 5.32 Å². The molecule has 0 amide bonds. The van der Waals surface area contributed by atoms with E-state index in [2.05, 4.69) is 22.8 Å². The Kier molecular flexibility index (Phi) is 3.70. The maximum absolute atomic E-state index is 11.7. The van der Waals surface area contributed by atoms with E-state index in [-0.39, 0.29) is 0 Å². The highest BCUT2D eigenvalue weighted by molar-refractivity contribution is 7.17. The van der Waals surface area contributed by atoms with Crippen molar-refractivity contribution in [3.05, 3.63) is 35.2 Å². The molecule has 3 heteroatoms. The molecule has 2 rings (SSSR count). The van der Waals surface area contributed by atoms with E-state index >= 15 is 0 Å². The van der Waals surface area contributed by atoms with Crippen LogP contribution in [0.5, 0.6) is 0 Å². The van der Waals surface area contributed by atoms with Gasteiger partial charge in [-0.2, -0.15) is 0 Å². The third kappa shape index (κ3) is 2.49. The number of carbonyl (C=O) groups is 1. The Labute approximate surface area is 99.3 Å². The van der Waals surface area contributed by atoms with Crippen molar-refractivity contribution >= 4 is 27.2 Å². The predicted octanol–water partition coefficient (Wildman–Crippen LogP) is 2.62. The van der Waals surface area contributed by atoms with Crippen LogP contribution in [0.25, 0.3) is 10.1 Å². The first-order valence-corrected chi connectivity index (χ1v) is 6.30. The SMILES string of the molecule is CNCCC(=O)Cc1csc2ccccc12. The summed E-state index contributed by atoms with van der Waals surface area (Å²) in [4.78, 5) is 11.7. The smallest absolute Gasteiger partial charge is 0.138 e. The van der Waals surface area contributed by atoms with E-state index in [4.69, 9.17) is 0 Å². The van der Waals surface area contributed by atoms with Crippen molar-refractivity contribution in [2.24, 2.45) is 0 Å². The molecule has 0 bridgehead atoms. The molecule has 0 spiro atoms. The Hall–Kier alpha value is -1.19. The van der Waals surface area contributed by atoms with Crippen molar-refractivity contribution in [3.63, 3.8) is 0 Å². The van der Waals surface area contributed by atoms with Gasteiger partial charge < -0.3 is 5.32 Å². The number of rotatable bonds is 5. The van der Waals surface area contributed by atoms with Crippen molar-refractivity contribution in [2.75, 3.05) is 13.6 Å². The number of thiophene rings is 1. The summed E-state index contributed by atoms with van der Waals surface area (Å²) in [6.45, 7) is 0.765. The van der Waals surface area contributed by atoms with Crippen LogP contribution in [0.1, 0.15) is 12.0 Å². The van der Waals surface area contributed by atoms with Gasteiger partial charge in [0.05, 0.1) is 0 Å². The molecule has 0 atom stereocenters. The standard InChI is InChI=1S/C13H15NOS/c1-14-7-6-11(15)8-10-9-16-13-5-3-2-4-12(10)13/h2-5,9,14H,6-8H2,1H3. The van der Waals surface area contributed by atoms with Crippen LogP contribution in [-0.4, -0.2) is 19.4 Å². The lowest BCUT2D eigenvalue weighted by molar-refractivity contribution is -0.118. The Morgan fingerprint density at radius 3 is 3.00 bits per heavy atom. The lowest BCUT2D eigenvalue weighted by atomic mass is 10.1. The van der Waals surface area contributed by atoms with E-state index in [1.54, 1.807) is 11.3 Å². The number of nitrogens with one attached hydrogen (secondary N) is 1. The second kappa shape index (κ2) is 5.23. The van der Waals surface area contributed by atoms with Gasteiger partial charge in [0.15, 0.2) is 0 Å². The fourth-order valence-corrected chi connectivity index (χ4v) is 2.70. The largest absolute Gasteiger partial charge is 0.319 e. The average molecular weight is 233 g/mol. The van der Waals surface area contributed by atoms with Crippen LogP contribution in [0.3, 0.4) is 0 Å². The molecule has 84 valence electrons. The maximum Gasteiger partial charge on any atom is 0.138 e. The molecule has 0 aliphatic carbocycles. The van der Waals surface area contributed by atoms with Gasteiger partial charge in [-0.3, -0.25) is 4.79 Å². The Morgan fingerprint density at radius 1 is 1.38 bits per heavy atom. The molecule has 0 aliphatic heterocycles. The topological polar surface area (TPSA) is 29.1 Å². The molecule has 1 aromatic carbocycles. The summed E-state index contributed by atoms with van der Waals surface area (Å²) in [7, 11) is 1.87. The summed E-state index contributed by atoms with van der Waals surface area (Å²) in [6.07, 6.45) is 1.17. The summed E-state index contributed by atoms with van der Waals surface area (Å²) in [6, 6.07) is 8.25. The third-order valence-corrected chi connectivity index (χ3v) is 3.61. The van der Waals surface area contributed by atoms with E-state index < -0.39 is 0 Å². The highest BCUT2D eigenvalue weighted by Crippen LogP contribution is 2.26. The van der Waals surface area contributed by atoms with Crippen LogP contribution in [0.2, 0.25) is 0 Å². The van der Waals surface area contributed by atoms with Gasteiger partial charge in [0.2, 0.25) is 0 Å². The molecule has 0 aliphatic rings. The molecule has 0 saturated heterocycles. The van der Waals surface area contributed by atoms with Gasteiger partial charge in [-0.05, 0) is 29.4 Å². The molecular weight excluding hydrogens is 218 g/mol. The van der Waals surface area contributed by atoms with E-state index in [9.17, 15) is 4.79 Å². The van der Waals surface area contributed by atoms with E-state index in [1.807, 2.05) is 19.2 Å². The number of ketones is 1. The van der Waals surface area contributed by atoms with Crippen molar-refractivity contribution in [3.8, 4) is 0 Å². The van der Waals surface area contributed by atoms with Gasteiger partial charge in [0.25, 0.3) is 0 Å². The predicted molar refractivity (Wildman–Crippen MR) is 69.1 cm³/mol. The highest BCUT2D eigenvalue weighted by Gasteiger charge is 2.07. The van der Waals surface area contributed by atoms with Crippen LogP contribution in [0.4, 0.5) is 0 Å². The van der Waals surface area contributed by atoms with Crippen molar-refractivity contribution in [2.45, 2.75) is 12.8 Å². The summed E-state index contributed by atoms with van der Waals surface area (Å²) < 4.78 is 1.26. The maximum atomic E-state index is 11.7. The Bertz CT molecular complexity index is 489. The Balaban J connectivity index is 2.12. The number of hydrogen-bond acceptors (Lipinski definition) is 3. The van der Waals surface area contributed by atoms with Gasteiger partial charge in [0.1, 0.15) is 5.78 Å². The van der Waals surface area contributed by atoms with Crippen molar-refractivity contribution in [1.29, 1.82) is 0 Å². The minimum Gasteiger partial charge on any atom is -0.319 e. The minimum atomic E-state index is 0.304. The zero-order valence-corrected chi connectivity index (χ0v) is 10.1. The van der Waals surface area contributed by atoms with Crippen LogP contribution in [-0.2, 0) is 11.2 Å². The van der Waals surface area contributed by atoms with Gasteiger partial charge in [0, 0.05) is 24.1 Å². The monoisotopic (exact) mass is 233 g/mol. The molecule has 1 aromatic heterocycles. The number of hydrogen-bond donors (Lipinski definition) is 1. The molecule has 0 unspecified atom stereocenters. The lowest BCUT2D eigenvalue weighted by Gasteiger charge is -1.99. The van der Waals surface area contributed by atoms with E-state index in [1.165, 1.54) is 15.6 Å². The number of Topliss-reactive ketones (excluding diaryl/α,β-unsaturated/α-hetero) is 1. The van der Waals surface area contributed by atoms with Gasteiger partial charge in [-0.25, -0.2) is 0 Å². The summed E-state index contributed by atoms with van der Waals surface area (Å²) in [5.74, 6) is 0.304. The second-order valence-electron chi connectivity index (χ2n) is 3.83. The third-order valence-electron chi connectivity index (χ3n) is 2.60. The van der Waals surface area contributed by atoms with Crippen LogP contribution >= 0.6 is 11.3 Å². The summed E-state index contributed by atoms with van der Waals surface area (Å²) >= 11 is 1.71. The van der Waals surface area contributed by atoms with Crippen molar-refractivity contribution < 1.29 is 4.79 Å². The van der Waals surface area contributed by atoms with Gasteiger partial charge in [-0.1, -0.05) is 18.2 Å². The zero-order valence-electron chi connectivity index (χ0n) is 9.32. The molecule has 1 N–H and O–H groups in total. The molecule has 1 heterocycles. The van der Waals surface area contributed by atoms with E-state index in [0.29, 0.717) is 18.6 Å². The number of fused-ring (bicyclic) bond motifs is 1. The first kappa shape index (κ1) is 11.3. The lowest BCUT2D eigenvalue weighted by Crippen LogP contribution is -2.14. The zero-order chi connectivity index (χ0) is 11.4. The average Bonchev–Trinajstić information content (AvgIpc) is 2.70. The molecule has 0 saturated carbocycles. The second-order valence-corrected chi connectivity index (χ2v) is 4.74. The first-order chi connectivity index (χ1) is 7.81. The molecular formula is C13H15NOS. The van der Waals surface area contributed by atoms with Gasteiger partial charge >= 0.3 is 0 Å². The Morgan fingerprint density at radius 2 is 2.19 bits per heavy atom. The summed E-state index contributed by atoms with van der Waals surface area (Å²) in [5, 5.41) is 6.32. The van der Waals surface area contributed by atoms with Crippen LogP contribution in [0.15, 0.2) is 29.6 Å². The molecule has 2 aromatic rings. The van der Waals surface area contributed by atoms with E-state index in [0.717, 1.165) is 6.54 Å². The van der Waals surface area contributed by atoms with Gasteiger partial charge in [-0.15, -0.1) is 11.3 Å². The molecule has 16 heavy (non-hydrogen) atoms. The molecule has 0 radical (unpaired) electrons. The summed E-state index contributed by atoms with van der Waals surface area (Å²) in [5.41, 5.74) is 1.17. The normalized spacial score (nSPS) is 10.8. The van der Waals surface area contributed by atoms with Crippen LogP contribution < -0.4 is 5.32 Å².